The minimum Gasteiger partial charge on any atom is -0.378 e. The Morgan fingerprint density at radius 3 is 2.33 bits per heavy atom. The van der Waals surface area contributed by atoms with Gasteiger partial charge >= 0.3 is 0 Å². The molecule has 0 radical (unpaired) electrons. The molecule has 1 amide bonds. The zero-order chi connectivity index (χ0) is 19.4. The minimum absolute atomic E-state index is 0.00909. The second kappa shape index (κ2) is 8.07. The summed E-state index contributed by atoms with van der Waals surface area (Å²) in [5.74, 6) is -0.0765. The molecule has 1 N–H and O–H groups in total. The second-order valence-electron chi connectivity index (χ2n) is 6.94. The lowest BCUT2D eigenvalue weighted by Gasteiger charge is -2.32. The second-order valence-corrected chi connectivity index (χ2v) is 6.94. The first-order chi connectivity index (χ1) is 13.0. The van der Waals surface area contributed by atoms with Crippen molar-refractivity contribution in [3.63, 3.8) is 0 Å². The lowest BCUT2D eigenvalue weighted by Crippen LogP contribution is -2.38. The Hall–Kier alpha value is -3.09. The van der Waals surface area contributed by atoms with Gasteiger partial charge in [0, 0.05) is 50.5 Å². The summed E-state index contributed by atoms with van der Waals surface area (Å²) in [7, 11) is 3.94. The van der Waals surface area contributed by atoms with Crippen molar-refractivity contribution in [1.82, 2.24) is 0 Å². The molecule has 0 saturated carbocycles. The summed E-state index contributed by atoms with van der Waals surface area (Å²) < 4.78 is 0. The van der Waals surface area contributed by atoms with Gasteiger partial charge in [-0.25, -0.2) is 0 Å². The molecule has 1 aliphatic rings. The number of hydrogen-bond donors (Lipinski definition) is 1. The third kappa shape index (κ3) is 4.36. The number of nitro groups is 1. The van der Waals surface area contributed by atoms with Crippen LogP contribution in [0.5, 0.6) is 0 Å². The highest BCUT2D eigenvalue weighted by molar-refractivity contribution is 5.93. The van der Waals surface area contributed by atoms with Crippen molar-refractivity contribution in [2.24, 2.45) is 5.92 Å². The van der Waals surface area contributed by atoms with Crippen molar-refractivity contribution >= 4 is 28.7 Å². The summed E-state index contributed by atoms with van der Waals surface area (Å²) in [6, 6.07) is 14.5. The van der Waals surface area contributed by atoms with Crippen LogP contribution in [0.2, 0.25) is 0 Å². The Bertz CT molecular complexity index is 812. The maximum atomic E-state index is 12.6. The average Bonchev–Trinajstić information content (AvgIpc) is 2.68. The number of nitrogens with one attached hydrogen (secondary N) is 1. The number of carbonyl (C=O) groups excluding carboxylic acids is 1. The Kier molecular flexibility index (Phi) is 5.59. The van der Waals surface area contributed by atoms with E-state index < -0.39 is 0 Å². The van der Waals surface area contributed by atoms with Gasteiger partial charge in [-0.05, 0) is 43.2 Å². The molecule has 1 fully saturated rings. The summed E-state index contributed by atoms with van der Waals surface area (Å²) in [6.07, 6.45) is 1.35. The molecule has 2 aromatic carbocycles. The average molecular weight is 368 g/mol. The number of benzene rings is 2. The highest BCUT2D eigenvalue weighted by atomic mass is 16.6. The summed E-state index contributed by atoms with van der Waals surface area (Å²) in [5.41, 5.74) is 2.60. The molecule has 142 valence electrons. The van der Waals surface area contributed by atoms with E-state index in [0.717, 1.165) is 11.4 Å². The van der Waals surface area contributed by atoms with Crippen LogP contribution >= 0.6 is 0 Å². The van der Waals surface area contributed by atoms with E-state index in [-0.39, 0.29) is 22.4 Å². The van der Waals surface area contributed by atoms with E-state index in [2.05, 4.69) is 5.32 Å². The van der Waals surface area contributed by atoms with Gasteiger partial charge in [-0.3, -0.25) is 14.9 Å². The molecule has 3 rings (SSSR count). The molecule has 27 heavy (non-hydrogen) atoms. The summed E-state index contributed by atoms with van der Waals surface area (Å²) in [4.78, 5) is 27.4. The number of hydrogen-bond acceptors (Lipinski definition) is 5. The third-order valence-corrected chi connectivity index (χ3v) is 4.94. The summed E-state index contributed by atoms with van der Waals surface area (Å²) in [6.45, 7) is 1.25. The van der Waals surface area contributed by atoms with E-state index >= 15 is 0 Å². The van der Waals surface area contributed by atoms with E-state index in [1.165, 1.54) is 6.07 Å². The van der Waals surface area contributed by atoms with Crippen molar-refractivity contribution in [1.29, 1.82) is 0 Å². The number of piperidine rings is 1. The lowest BCUT2D eigenvalue weighted by molar-refractivity contribution is -0.384. The molecule has 0 aliphatic carbocycles. The van der Waals surface area contributed by atoms with Crippen molar-refractivity contribution < 1.29 is 9.72 Å². The first kappa shape index (κ1) is 18.7. The molecule has 1 heterocycles. The molecular formula is C20H24N4O3. The van der Waals surface area contributed by atoms with Gasteiger partial charge in [0.15, 0.2) is 0 Å². The van der Waals surface area contributed by atoms with Crippen molar-refractivity contribution in [3.05, 3.63) is 58.6 Å². The first-order valence-electron chi connectivity index (χ1n) is 9.02. The fourth-order valence-electron chi connectivity index (χ4n) is 3.36. The summed E-state index contributed by atoms with van der Waals surface area (Å²) in [5, 5.41) is 14.2. The smallest absolute Gasteiger partial charge is 0.292 e. The lowest BCUT2D eigenvalue weighted by atomic mass is 9.95. The van der Waals surface area contributed by atoms with Crippen LogP contribution in [-0.2, 0) is 4.79 Å². The SMILES string of the molecule is CN(C)c1ccc(NC(=O)C2CCN(c3ccccc3[N+](=O)[O-])CC2)cc1. The fourth-order valence-corrected chi connectivity index (χ4v) is 3.36. The number of rotatable bonds is 5. The first-order valence-corrected chi connectivity index (χ1v) is 9.02. The fraction of sp³-hybridized carbons (Fsp3) is 0.350. The van der Waals surface area contributed by atoms with Crippen LogP contribution in [-0.4, -0.2) is 38.0 Å². The topological polar surface area (TPSA) is 78.7 Å². The number of nitrogens with zero attached hydrogens (tertiary/aromatic N) is 3. The van der Waals surface area contributed by atoms with Crippen LogP contribution in [0.4, 0.5) is 22.7 Å². The molecule has 0 unspecified atom stereocenters. The highest BCUT2D eigenvalue weighted by Crippen LogP contribution is 2.31. The van der Waals surface area contributed by atoms with Gasteiger partial charge < -0.3 is 15.1 Å². The van der Waals surface area contributed by atoms with Gasteiger partial charge in [0.25, 0.3) is 5.69 Å². The Balaban J connectivity index is 1.59. The highest BCUT2D eigenvalue weighted by Gasteiger charge is 2.28. The molecule has 1 saturated heterocycles. The van der Waals surface area contributed by atoms with E-state index in [4.69, 9.17) is 0 Å². The minimum atomic E-state index is -0.356. The quantitative estimate of drug-likeness (QED) is 0.645. The van der Waals surface area contributed by atoms with Gasteiger partial charge in [-0.1, -0.05) is 12.1 Å². The molecular weight excluding hydrogens is 344 g/mol. The van der Waals surface area contributed by atoms with Gasteiger partial charge in [0.05, 0.1) is 4.92 Å². The van der Waals surface area contributed by atoms with E-state index in [1.807, 2.05) is 48.2 Å². The number of anilines is 3. The molecule has 7 nitrogen and oxygen atoms in total. The van der Waals surface area contributed by atoms with Crippen LogP contribution in [0, 0.1) is 16.0 Å². The normalized spacial score (nSPS) is 14.7. The van der Waals surface area contributed by atoms with Crippen LogP contribution in [0.25, 0.3) is 0 Å². The van der Waals surface area contributed by atoms with Gasteiger partial charge in [0.2, 0.25) is 5.91 Å². The van der Waals surface area contributed by atoms with Gasteiger partial charge in [0.1, 0.15) is 5.69 Å². The third-order valence-electron chi connectivity index (χ3n) is 4.94. The maximum absolute atomic E-state index is 12.6. The van der Waals surface area contributed by atoms with Crippen LogP contribution in [0.15, 0.2) is 48.5 Å². The molecule has 0 aromatic heterocycles. The zero-order valence-electron chi connectivity index (χ0n) is 15.6. The number of amides is 1. The maximum Gasteiger partial charge on any atom is 0.292 e. The predicted molar refractivity (Wildman–Crippen MR) is 107 cm³/mol. The zero-order valence-corrected chi connectivity index (χ0v) is 15.6. The van der Waals surface area contributed by atoms with E-state index in [9.17, 15) is 14.9 Å². The standard InChI is InChI=1S/C20H24N4O3/c1-22(2)17-9-7-16(8-10-17)21-20(25)15-11-13-23(14-12-15)18-5-3-4-6-19(18)24(26)27/h3-10,15H,11-14H2,1-2H3,(H,21,25). The van der Waals surface area contributed by atoms with Crippen molar-refractivity contribution in [2.75, 3.05) is 42.3 Å². The van der Waals surface area contributed by atoms with E-state index in [1.54, 1.807) is 18.2 Å². The van der Waals surface area contributed by atoms with Crippen molar-refractivity contribution in [2.45, 2.75) is 12.8 Å². The molecule has 7 heteroatoms. The van der Waals surface area contributed by atoms with Crippen LogP contribution in [0.3, 0.4) is 0 Å². The monoisotopic (exact) mass is 368 g/mol. The molecule has 0 spiro atoms. The van der Waals surface area contributed by atoms with E-state index in [0.29, 0.717) is 31.6 Å². The Morgan fingerprint density at radius 1 is 1.11 bits per heavy atom. The number of para-hydroxylation sites is 2. The van der Waals surface area contributed by atoms with Crippen molar-refractivity contribution in [3.8, 4) is 0 Å². The van der Waals surface area contributed by atoms with Gasteiger partial charge in [-0.15, -0.1) is 0 Å². The molecule has 0 bridgehead atoms. The summed E-state index contributed by atoms with van der Waals surface area (Å²) >= 11 is 0. The number of nitro benzene ring substituents is 1. The number of carbonyl (C=O) groups is 1. The Morgan fingerprint density at radius 2 is 1.74 bits per heavy atom. The van der Waals surface area contributed by atoms with Crippen LogP contribution < -0.4 is 15.1 Å². The molecule has 2 aromatic rings. The molecule has 1 aliphatic heterocycles. The Labute approximate surface area is 158 Å². The predicted octanol–water partition coefficient (Wildman–Crippen LogP) is 3.52. The van der Waals surface area contributed by atoms with Gasteiger partial charge in [-0.2, -0.15) is 0 Å². The van der Waals surface area contributed by atoms with Crippen LogP contribution in [0.1, 0.15) is 12.8 Å². The molecule has 0 atom stereocenters. The largest absolute Gasteiger partial charge is 0.378 e.